The molecular formula is C22H21N3O2S. The van der Waals surface area contributed by atoms with Crippen LogP contribution in [0.2, 0.25) is 0 Å². The number of aromatic nitrogens is 2. The number of nitrogens with zero attached hydrogens (tertiary/aromatic N) is 2. The first kappa shape index (κ1) is 18.3. The highest BCUT2D eigenvalue weighted by atomic mass is 32.1. The number of benzene rings is 2. The quantitative estimate of drug-likeness (QED) is 0.491. The summed E-state index contributed by atoms with van der Waals surface area (Å²) >= 11 is 1.60. The van der Waals surface area contributed by atoms with Crippen molar-refractivity contribution < 1.29 is 9.53 Å². The van der Waals surface area contributed by atoms with Crippen LogP contribution in [0.5, 0.6) is 5.75 Å². The van der Waals surface area contributed by atoms with Crippen molar-refractivity contribution in [1.29, 1.82) is 0 Å². The molecule has 0 aliphatic carbocycles. The van der Waals surface area contributed by atoms with E-state index in [4.69, 9.17) is 4.74 Å². The third-order valence-corrected chi connectivity index (χ3v) is 5.23. The zero-order valence-electron chi connectivity index (χ0n) is 15.8. The van der Waals surface area contributed by atoms with Gasteiger partial charge in [-0.05, 0) is 29.7 Å². The number of carbonyl (C=O) groups is 1. The topological polar surface area (TPSA) is 55.6 Å². The van der Waals surface area contributed by atoms with E-state index in [2.05, 4.69) is 24.1 Å². The van der Waals surface area contributed by atoms with Crippen molar-refractivity contribution in [2.45, 2.75) is 19.8 Å². The van der Waals surface area contributed by atoms with E-state index in [0.717, 1.165) is 33.2 Å². The molecule has 4 aromatic rings. The molecule has 2 aromatic carbocycles. The number of carbonyl (C=O) groups excluding carboxylic acids is 1. The number of hydrogen-bond acceptors (Lipinski definition) is 4. The second-order valence-corrected chi connectivity index (χ2v) is 7.70. The summed E-state index contributed by atoms with van der Waals surface area (Å²) in [6, 6.07) is 15.5. The fraction of sp³-hybridized carbons (Fsp3) is 0.182. The van der Waals surface area contributed by atoms with Crippen LogP contribution in [0, 0.1) is 0 Å². The molecule has 0 aliphatic rings. The second kappa shape index (κ2) is 7.86. The Morgan fingerprint density at radius 1 is 1.18 bits per heavy atom. The normalized spacial score (nSPS) is 11.1. The maximum absolute atomic E-state index is 12.3. The minimum atomic E-state index is -0.186. The summed E-state index contributed by atoms with van der Waals surface area (Å²) in [5.74, 6) is 0.904. The molecule has 0 radical (unpaired) electrons. The van der Waals surface area contributed by atoms with Gasteiger partial charge in [-0.3, -0.25) is 9.20 Å². The van der Waals surface area contributed by atoms with Gasteiger partial charge in [0.25, 0.3) is 5.91 Å². The molecule has 142 valence electrons. The Labute approximate surface area is 167 Å². The van der Waals surface area contributed by atoms with E-state index < -0.39 is 0 Å². The van der Waals surface area contributed by atoms with Crippen molar-refractivity contribution in [3.8, 4) is 17.0 Å². The fourth-order valence-electron chi connectivity index (χ4n) is 3.02. The molecule has 28 heavy (non-hydrogen) atoms. The number of nitrogens with one attached hydrogen (secondary N) is 1. The lowest BCUT2D eigenvalue weighted by Gasteiger charge is -2.13. The first-order valence-corrected chi connectivity index (χ1v) is 10.0. The summed E-state index contributed by atoms with van der Waals surface area (Å²) in [5.41, 5.74) is 3.75. The third kappa shape index (κ3) is 3.92. The number of hydrogen-bond donors (Lipinski definition) is 1. The Morgan fingerprint density at radius 2 is 1.96 bits per heavy atom. The number of para-hydroxylation sites is 1. The number of fused-ring (bicyclic) bond motifs is 1. The van der Waals surface area contributed by atoms with Crippen molar-refractivity contribution in [3.63, 3.8) is 0 Å². The van der Waals surface area contributed by atoms with Gasteiger partial charge in [-0.25, -0.2) is 4.98 Å². The van der Waals surface area contributed by atoms with Gasteiger partial charge < -0.3 is 10.1 Å². The molecule has 0 fully saturated rings. The Bertz CT molecular complexity index is 1070. The number of thiazole rings is 1. The van der Waals surface area contributed by atoms with Gasteiger partial charge in [-0.2, -0.15) is 0 Å². The molecule has 0 saturated carbocycles. The largest absolute Gasteiger partial charge is 0.483 e. The minimum Gasteiger partial charge on any atom is -0.483 e. The molecule has 5 nitrogen and oxygen atoms in total. The number of amides is 1. The monoisotopic (exact) mass is 391 g/mol. The highest BCUT2D eigenvalue weighted by Gasteiger charge is 2.10. The van der Waals surface area contributed by atoms with Gasteiger partial charge in [0, 0.05) is 29.0 Å². The molecule has 0 unspecified atom stereocenters. The van der Waals surface area contributed by atoms with E-state index in [0.29, 0.717) is 5.92 Å². The highest BCUT2D eigenvalue weighted by molar-refractivity contribution is 7.15. The molecule has 2 heterocycles. The summed E-state index contributed by atoms with van der Waals surface area (Å²) in [5, 5.41) is 4.88. The maximum atomic E-state index is 12.3. The SMILES string of the molecule is CC(C)c1ccccc1OCC(=O)Nc1ccc(-c2cn3ccsc3n2)cc1. The predicted octanol–water partition coefficient (Wildman–Crippen LogP) is 5.20. The molecule has 1 N–H and O–H groups in total. The third-order valence-electron chi connectivity index (χ3n) is 4.46. The predicted molar refractivity (Wildman–Crippen MR) is 113 cm³/mol. The van der Waals surface area contributed by atoms with Crippen LogP contribution in [0.25, 0.3) is 16.2 Å². The van der Waals surface area contributed by atoms with Gasteiger partial charge in [0.05, 0.1) is 5.69 Å². The maximum Gasteiger partial charge on any atom is 0.262 e. The van der Waals surface area contributed by atoms with Crippen LogP contribution in [-0.4, -0.2) is 21.9 Å². The van der Waals surface area contributed by atoms with Crippen LogP contribution in [0.1, 0.15) is 25.3 Å². The Hall–Kier alpha value is -3.12. The van der Waals surface area contributed by atoms with Crippen LogP contribution < -0.4 is 10.1 Å². The van der Waals surface area contributed by atoms with Crippen molar-refractivity contribution in [3.05, 3.63) is 71.9 Å². The number of ether oxygens (including phenoxy) is 1. The molecule has 2 aromatic heterocycles. The van der Waals surface area contributed by atoms with E-state index in [9.17, 15) is 4.79 Å². The van der Waals surface area contributed by atoms with Crippen molar-refractivity contribution >= 4 is 27.9 Å². The molecule has 0 aliphatic heterocycles. The van der Waals surface area contributed by atoms with Crippen molar-refractivity contribution in [1.82, 2.24) is 9.38 Å². The van der Waals surface area contributed by atoms with Crippen LogP contribution in [0.4, 0.5) is 5.69 Å². The van der Waals surface area contributed by atoms with Gasteiger partial charge in [0.15, 0.2) is 11.6 Å². The lowest BCUT2D eigenvalue weighted by molar-refractivity contribution is -0.118. The standard InChI is InChI=1S/C22H21N3O2S/c1-15(2)18-5-3-4-6-20(18)27-14-21(26)23-17-9-7-16(8-10-17)19-13-25-11-12-28-22(25)24-19/h3-13,15H,14H2,1-2H3,(H,23,26). The Kier molecular flexibility index (Phi) is 5.12. The van der Waals surface area contributed by atoms with Crippen LogP contribution in [0.15, 0.2) is 66.3 Å². The van der Waals surface area contributed by atoms with E-state index >= 15 is 0 Å². The lowest BCUT2D eigenvalue weighted by Crippen LogP contribution is -2.20. The summed E-state index contributed by atoms with van der Waals surface area (Å²) in [4.78, 5) is 17.8. The van der Waals surface area contributed by atoms with Crippen molar-refractivity contribution in [2.75, 3.05) is 11.9 Å². The fourth-order valence-corrected chi connectivity index (χ4v) is 3.72. The Morgan fingerprint density at radius 3 is 2.71 bits per heavy atom. The summed E-state index contributed by atoms with van der Waals surface area (Å²) in [6.45, 7) is 4.18. The van der Waals surface area contributed by atoms with Gasteiger partial charge in [-0.1, -0.05) is 44.2 Å². The second-order valence-electron chi connectivity index (χ2n) is 6.83. The molecule has 0 spiro atoms. The number of imidazole rings is 1. The zero-order valence-corrected chi connectivity index (χ0v) is 16.6. The molecule has 0 atom stereocenters. The number of anilines is 1. The van der Waals surface area contributed by atoms with Gasteiger partial charge in [0.1, 0.15) is 5.75 Å². The molecule has 4 rings (SSSR count). The van der Waals surface area contributed by atoms with Gasteiger partial charge >= 0.3 is 0 Å². The van der Waals surface area contributed by atoms with E-state index in [1.165, 1.54) is 0 Å². The first-order chi connectivity index (χ1) is 13.6. The summed E-state index contributed by atoms with van der Waals surface area (Å²) < 4.78 is 7.73. The molecule has 1 amide bonds. The average Bonchev–Trinajstić information content (AvgIpc) is 3.29. The molecule has 0 saturated heterocycles. The molecule has 6 heteroatoms. The van der Waals surface area contributed by atoms with Crippen LogP contribution in [-0.2, 0) is 4.79 Å². The van der Waals surface area contributed by atoms with E-state index in [-0.39, 0.29) is 12.5 Å². The van der Waals surface area contributed by atoms with Crippen LogP contribution in [0.3, 0.4) is 0 Å². The smallest absolute Gasteiger partial charge is 0.262 e. The molecule has 0 bridgehead atoms. The van der Waals surface area contributed by atoms with Gasteiger partial charge in [-0.15, -0.1) is 11.3 Å². The summed E-state index contributed by atoms with van der Waals surface area (Å²) in [6.07, 6.45) is 3.99. The average molecular weight is 391 g/mol. The van der Waals surface area contributed by atoms with E-state index in [1.807, 2.05) is 70.7 Å². The highest BCUT2D eigenvalue weighted by Crippen LogP contribution is 2.26. The van der Waals surface area contributed by atoms with E-state index in [1.54, 1.807) is 11.3 Å². The minimum absolute atomic E-state index is 0.0250. The first-order valence-electron chi connectivity index (χ1n) is 9.14. The van der Waals surface area contributed by atoms with Crippen molar-refractivity contribution in [2.24, 2.45) is 0 Å². The lowest BCUT2D eigenvalue weighted by atomic mass is 10.0. The summed E-state index contributed by atoms with van der Waals surface area (Å²) in [7, 11) is 0. The number of rotatable bonds is 6. The van der Waals surface area contributed by atoms with Gasteiger partial charge in [0.2, 0.25) is 0 Å². The zero-order chi connectivity index (χ0) is 19.5. The van der Waals surface area contributed by atoms with Crippen LogP contribution >= 0.6 is 11.3 Å². The molecular weight excluding hydrogens is 370 g/mol. The Balaban J connectivity index is 1.38.